The second-order valence-electron chi connectivity index (χ2n) is 7.39. The van der Waals surface area contributed by atoms with Crippen LogP contribution in [-0.4, -0.2) is 53.9 Å². The molecule has 0 bridgehead atoms. The summed E-state index contributed by atoms with van der Waals surface area (Å²) in [7, 11) is -3.22. The van der Waals surface area contributed by atoms with E-state index in [9.17, 15) is 13.2 Å². The monoisotopic (exact) mass is 376 g/mol. The highest BCUT2D eigenvalue weighted by Crippen LogP contribution is 2.30. The molecule has 1 atom stereocenters. The molecule has 3 heterocycles. The van der Waals surface area contributed by atoms with Crippen molar-refractivity contribution in [2.75, 3.05) is 25.9 Å². The molecule has 0 unspecified atom stereocenters. The molecule has 1 saturated heterocycles. The molecule has 8 heteroatoms. The molecule has 2 fully saturated rings. The molecular formula is C18H24N4O3S. The Morgan fingerprint density at radius 2 is 2.12 bits per heavy atom. The Bertz CT molecular complexity index is 933. The van der Waals surface area contributed by atoms with Crippen LogP contribution in [0.25, 0.3) is 5.52 Å². The molecule has 0 radical (unpaired) electrons. The highest BCUT2D eigenvalue weighted by atomic mass is 32.2. The topological polar surface area (TPSA) is 83.8 Å². The number of sulfonamides is 1. The summed E-state index contributed by atoms with van der Waals surface area (Å²) >= 11 is 0. The summed E-state index contributed by atoms with van der Waals surface area (Å²) in [5, 5.41) is 2.98. The van der Waals surface area contributed by atoms with Gasteiger partial charge in [-0.25, -0.2) is 17.7 Å². The van der Waals surface area contributed by atoms with E-state index in [2.05, 4.69) is 10.3 Å². The summed E-state index contributed by atoms with van der Waals surface area (Å²) in [4.78, 5) is 17.3. The van der Waals surface area contributed by atoms with Gasteiger partial charge in [-0.1, -0.05) is 6.07 Å². The normalized spacial score (nSPS) is 21.8. The second-order valence-corrected chi connectivity index (χ2v) is 9.37. The molecule has 4 rings (SSSR count). The van der Waals surface area contributed by atoms with Gasteiger partial charge < -0.3 is 9.72 Å². The van der Waals surface area contributed by atoms with Crippen LogP contribution < -0.4 is 5.32 Å². The van der Waals surface area contributed by atoms with Crippen molar-refractivity contribution >= 4 is 21.4 Å². The van der Waals surface area contributed by atoms with Crippen LogP contribution in [0.1, 0.15) is 47.9 Å². The Labute approximate surface area is 153 Å². The third-order valence-corrected chi connectivity index (χ3v) is 6.53. The lowest BCUT2D eigenvalue weighted by Gasteiger charge is -2.30. The lowest BCUT2D eigenvalue weighted by Crippen LogP contribution is -2.38. The Morgan fingerprint density at radius 3 is 2.85 bits per heavy atom. The number of nitrogens with zero attached hydrogens (tertiary/aromatic N) is 3. The number of rotatable bonds is 5. The number of imidazole rings is 1. The third-order valence-electron chi connectivity index (χ3n) is 5.26. The summed E-state index contributed by atoms with van der Waals surface area (Å²) in [5.41, 5.74) is 1.20. The van der Waals surface area contributed by atoms with Crippen molar-refractivity contribution in [2.24, 2.45) is 5.92 Å². The number of fused-ring (bicyclic) bond motifs is 1. The largest absolute Gasteiger partial charge is 0.350 e. The van der Waals surface area contributed by atoms with Crippen molar-refractivity contribution < 1.29 is 13.2 Å². The molecule has 2 aromatic heterocycles. The fraction of sp³-hybridized carbons (Fsp3) is 0.556. The first-order valence-corrected chi connectivity index (χ1v) is 11.0. The van der Waals surface area contributed by atoms with E-state index in [1.165, 1.54) is 23.4 Å². The van der Waals surface area contributed by atoms with Crippen LogP contribution in [0.3, 0.4) is 0 Å². The van der Waals surface area contributed by atoms with Gasteiger partial charge >= 0.3 is 0 Å². The molecular weight excluding hydrogens is 352 g/mol. The predicted molar refractivity (Wildman–Crippen MR) is 98.6 cm³/mol. The number of amides is 1. The van der Waals surface area contributed by atoms with Gasteiger partial charge in [-0.05, 0) is 43.7 Å². The minimum absolute atomic E-state index is 0.0154. The maximum absolute atomic E-state index is 12.6. The van der Waals surface area contributed by atoms with Gasteiger partial charge in [0.2, 0.25) is 10.0 Å². The van der Waals surface area contributed by atoms with Gasteiger partial charge in [-0.15, -0.1) is 0 Å². The smallest absolute Gasteiger partial charge is 0.272 e. The molecule has 26 heavy (non-hydrogen) atoms. The molecule has 0 aromatic carbocycles. The van der Waals surface area contributed by atoms with Crippen molar-refractivity contribution in [3.8, 4) is 0 Å². The summed E-state index contributed by atoms with van der Waals surface area (Å²) in [6, 6.07) is 5.68. The van der Waals surface area contributed by atoms with Gasteiger partial charge in [0.25, 0.3) is 5.91 Å². The van der Waals surface area contributed by atoms with E-state index in [0.29, 0.717) is 31.2 Å². The van der Waals surface area contributed by atoms with E-state index in [0.717, 1.165) is 24.2 Å². The second kappa shape index (κ2) is 6.66. The summed E-state index contributed by atoms with van der Waals surface area (Å²) in [6.45, 7) is 1.66. The van der Waals surface area contributed by atoms with Gasteiger partial charge in [0.1, 0.15) is 5.82 Å². The third kappa shape index (κ3) is 3.48. The van der Waals surface area contributed by atoms with Crippen LogP contribution in [-0.2, 0) is 10.0 Å². The molecule has 7 nitrogen and oxygen atoms in total. The fourth-order valence-electron chi connectivity index (χ4n) is 3.61. The zero-order chi connectivity index (χ0) is 18.3. The molecule has 1 aliphatic heterocycles. The van der Waals surface area contributed by atoms with E-state index in [-0.39, 0.29) is 11.8 Å². The Balaban J connectivity index is 1.65. The molecule has 1 aliphatic carbocycles. The molecule has 1 N–H and O–H groups in total. The number of carbonyl (C=O) groups is 1. The number of carbonyl (C=O) groups excluding carboxylic acids is 1. The zero-order valence-electron chi connectivity index (χ0n) is 14.9. The maximum Gasteiger partial charge on any atom is 0.272 e. The van der Waals surface area contributed by atoms with E-state index in [1.54, 1.807) is 0 Å². The standard InChI is InChI=1S/C18H24N4O3S/c1-26(24,25)21-9-4-5-14(12-21)17-20-16(15-6-2-3-10-22(15)17)18(23)19-11-13-7-8-13/h2-3,6,10,13-14H,4-5,7-9,11-12H2,1H3,(H,19,23)/t14-/m1/s1. The lowest BCUT2D eigenvalue weighted by molar-refractivity contribution is 0.0948. The first-order chi connectivity index (χ1) is 12.4. The Morgan fingerprint density at radius 1 is 1.31 bits per heavy atom. The Hall–Kier alpha value is -1.93. The van der Waals surface area contributed by atoms with E-state index < -0.39 is 10.0 Å². The number of aromatic nitrogens is 2. The maximum atomic E-state index is 12.6. The SMILES string of the molecule is CS(=O)(=O)N1CCC[C@@H](c2nc(C(=O)NCC3CC3)c3ccccn23)C1. The number of hydrogen-bond donors (Lipinski definition) is 1. The van der Waals surface area contributed by atoms with Gasteiger partial charge in [0, 0.05) is 31.7 Å². The number of nitrogens with one attached hydrogen (secondary N) is 1. The number of piperidine rings is 1. The minimum atomic E-state index is -3.22. The van der Waals surface area contributed by atoms with Crippen molar-refractivity contribution in [2.45, 2.75) is 31.6 Å². The molecule has 2 aromatic rings. The quantitative estimate of drug-likeness (QED) is 0.859. The highest BCUT2D eigenvalue weighted by Gasteiger charge is 2.31. The molecule has 1 amide bonds. The van der Waals surface area contributed by atoms with Crippen LogP contribution >= 0.6 is 0 Å². The average molecular weight is 376 g/mol. The molecule has 1 saturated carbocycles. The van der Waals surface area contributed by atoms with Crippen LogP contribution in [0, 0.1) is 5.92 Å². The first-order valence-electron chi connectivity index (χ1n) is 9.14. The summed E-state index contributed by atoms with van der Waals surface area (Å²) < 4.78 is 27.3. The Kier molecular flexibility index (Phi) is 4.48. The van der Waals surface area contributed by atoms with Crippen molar-refractivity contribution in [3.05, 3.63) is 35.9 Å². The summed E-state index contributed by atoms with van der Waals surface area (Å²) in [6.07, 6.45) is 7.16. The van der Waals surface area contributed by atoms with Crippen LogP contribution in [0.5, 0.6) is 0 Å². The van der Waals surface area contributed by atoms with E-state index in [4.69, 9.17) is 0 Å². The number of pyridine rings is 1. The fourth-order valence-corrected chi connectivity index (χ4v) is 4.53. The highest BCUT2D eigenvalue weighted by molar-refractivity contribution is 7.88. The first kappa shape index (κ1) is 17.5. The van der Waals surface area contributed by atoms with Crippen molar-refractivity contribution in [1.29, 1.82) is 0 Å². The molecule has 2 aliphatic rings. The average Bonchev–Trinajstić information content (AvgIpc) is 3.38. The lowest BCUT2D eigenvalue weighted by atomic mass is 9.99. The van der Waals surface area contributed by atoms with E-state index in [1.807, 2.05) is 28.8 Å². The van der Waals surface area contributed by atoms with Gasteiger partial charge in [0.05, 0.1) is 11.8 Å². The van der Waals surface area contributed by atoms with Crippen LogP contribution in [0.15, 0.2) is 24.4 Å². The van der Waals surface area contributed by atoms with Crippen LogP contribution in [0.4, 0.5) is 0 Å². The van der Waals surface area contributed by atoms with Crippen molar-refractivity contribution in [3.63, 3.8) is 0 Å². The van der Waals surface area contributed by atoms with Gasteiger partial charge in [0.15, 0.2) is 5.69 Å². The minimum Gasteiger partial charge on any atom is -0.350 e. The van der Waals surface area contributed by atoms with Gasteiger partial charge in [-0.3, -0.25) is 4.79 Å². The summed E-state index contributed by atoms with van der Waals surface area (Å²) in [5.74, 6) is 1.21. The predicted octanol–water partition coefficient (Wildman–Crippen LogP) is 1.61. The van der Waals surface area contributed by atoms with Crippen LogP contribution in [0.2, 0.25) is 0 Å². The van der Waals surface area contributed by atoms with Crippen molar-refractivity contribution in [1.82, 2.24) is 19.0 Å². The zero-order valence-corrected chi connectivity index (χ0v) is 15.7. The number of hydrogen-bond acceptors (Lipinski definition) is 4. The van der Waals surface area contributed by atoms with E-state index >= 15 is 0 Å². The van der Waals surface area contributed by atoms with Gasteiger partial charge in [-0.2, -0.15) is 0 Å². The molecule has 0 spiro atoms. The molecule has 140 valence electrons.